The number of aryl methyl sites for hydroxylation is 2. The first-order chi connectivity index (χ1) is 10.4. The standard InChI is InChI=1S/C15H22N6/c1-3-7-12-16-18-14(20(12)9-5-1)11-15-19-17-13-8-4-2-6-10-21(13)15/h1-11H2. The van der Waals surface area contributed by atoms with Crippen LogP contribution in [0.3, 0.4) is 0 Å². The Bertz CT molecular complexity index is 572. The maximum absolute atomic E-state index is 4.42. The molecule has 2 aliphatic rings. The predicted octanol–water partition coefficient (Wildman–Crippen LogP) is 1.91. The molecule has 0 saturated carbocycles. The van der Waals surface area contributed by atoms with Gasteiger partial charge in [-0.25, -0.2) is 0 Å². The zero-order valence-electron chi connectivity index (χ0n) is 12.5. The summed E-state index contributed by atoms with van der Waals surface area (Å²) in [6.07, 6.45) is 10.4. The predicted molar refractivity (Wildman–Crippen MR) is 78.0 cm³/mol. The summed E-state index contributed by atoms with van der Waals surface area (Å²) in [4.78, 5) is 0. The van der Waals surface area contributed by atoms with Gasteiger partial charge in [0, 0.05) is 25.9 Å². The Morgan fingerprint density at radius 2 is 1.14 bits per heavy atom. The van der Waals surface area contributed by atoms with E-state index in [4.69, 9.17) is 0 Å². The van der Waals surface area contributed by atoms with E-state index in [9.17, 15) is 0 Å². The maximum Gasteiger partial charge on any atom is 0.140 e. The summed E-state index contributed by atoms with van der Waals surface area (Å²) in [5.41, 5.74) is 0. The SMILES string of the molecule is C1CCc2nnc(Cc3nnc4n3CCCCC4)n2CC1. The fourth-order valence-electron chi connectivity index (χ4n) is 3.49. The molecule has 0 fully saturated rings. The Balaban J connectivity index is 1.62. The Labute approximate surface area is 124 Å². The van der Waals surface area contributed by atoms with Crippen LogP contribution in [0.15, 0.2) is 0 Å². The van der Waals surface area contributed by atoms with Crippen LogP contribution in [0, 0.1) is 0 Å². The van der Waals surface area contributed by atoms with Crippen LogP contribution in [-0.4, -0.2) is 29.5 Å². The highest BCUT2D eigenvalue weighted by Crippen LogP contribution is 2.19. The zero-order valence-corrected chi connectivity index (χ0v) is 12.5. The molecule has 0 atom stereocenters. The molecule has 0 bridgehead atoms. The van der Waals surface area contributed by atoms with E-state index < -0.39 is 0 Å². The number of nitrogens with zero attached hydrogens (tertiary/aromatic N) is 6. The van der Waals surface area contributed by atoms with Crippen molar-refractivity contribution < 1.29 is 0 Å². The molecule has 2 aromatic rings. The van der Waals surface area contributed by atoms with E-state index in [0.717, 1.165) is 55.6 Å². The molecule has 0 radical (unpaired) electrons. The number of aromatic nitrogens is 6. The quantitative estimate of drug-likeness (QED) is 0.846. The average molecular weight is 286 g/mol. The number of hydrogen-bond acceptors (Lipinski definition) is 4. The summed E-state index contributed by atoms with van der Waals surface area (Å²) in [6.45, 7) is 2.11. The topological polar surface area (TPSA) is 61.4 Å². The van der Waals surface area contributed by atoms with Gasteiger partial charge in [0.15, 0.2) is 0 Å². The van der Waals surface area contributed by atoms with E-state index in [1.165, 1.54) is 38.5 Å². The number of rotatable bonds is 2. The van der Waals surface area contributed by atoms with Crippen molar-refractivity contribution in [3.63, 3.8) is 0 Å². The van der Waals surface area contributed by atoms with Crippen molar-refractivity contribution in [2.75, 3.05) is 0 Å². The van der Waals surface area contributed by atoms with Crippen LogP contribution < -0.4 is 0 Å². The van der Waals surface area contributed by atoms with Crippen LogP contribution in [0.5, 0.6) is 0 Å². The van der Waals surface area contributed by atoms with Gasteiger partial charge in [-0.3, -0.25) is 0 Å². The van der Waals surface area contributed by atoms with Crippen molar-refractivity contribution in [2.45, 2.75) is 70.9 Å². The lowest BCUT2D eigenvalue weighted by molar-refractivity contribution is 0.586. The van der Waals surface area contributed by atoms with Crippen LogP contribution >= 0.6 is 0 Å². The third-order valence-corrected chi connectivity index (χ3v) is 4.69. The number of hydrogen-bond donors (Lipinski definition) is 0. The summed E-state index contributed by atoms with van der Waals surface area (Å²) in [5.74, 6) is 4.42. The Morgan fingerprint density at radius 1 is 0.619 bits per heavy atom. The molecule has 0 aliphatic carbocycles. The van der Waals surface area contributed by atoms with Gasteiger partial charge in [0.2, 0.25) is 0 Å². The van der Waals surface area contributed by atoms with Gasteiger partial charge >= 0.3 is 0 Å². The van der Waals surface area contributed by atoms with Crippen molar-refractivity contribution in [2.24, 2.45) is 0 Å². The maximum atomic E-state index is 4.42. The molecule has 4 heterocycles. The second-order valence-corrected chi connectivity index (χ2v) is 6.17. The third kappa shape index (κ3) is 2.47. The van der Waals surface area contributed by atoms with Crippen molar-refractivity contribution in [1.29, 1.82) is 0 Å². The number of fused-ring (bicyclic) bond motifs is 2. The van der Waals surface area contributed by atoms with Gasteiger partial charge in [-0.05, 0) is 25.7 Å². The molecular weight excluding hydrogens is 264 g/mol. The van der Waals surface area contributed by atoms with Crippen LogP contribution in [-0.2, 0) is 32.4 Å². The van der Waals surface area contributed by atoms with Crippen LogP contribution in [0.25, 0.3) is 0 Å². The van der Waals surface area contributed by atoms with E-state index in [2.05, 4.69) is 29.5 Å². The summed E-state index contributed by atoms with van der Waals surface area (Å²) in [6, 6.07) is 0. The highest BCUT2D eigenvalue weighted by molar-refractivity contribution is 5.07. The minimum Gasteiger partial charge on any atom is -0.315 e. The molecule has 0 saturated heterocycles. The minimum atomic E-state index is 0.764. The Morgan fingerprint density at radius 3 is 1.67 bits per heavy atom. The highest BCUT2D eigenvalue weighted by atomic mass is 15.3. The molecule has 0 N–H and O–H groups in total. The first-order valence-electron chi connectivity index (χ1n) is 8.24. The summed E-state index contributed by atoms with van der Waals surface area (Å²) >= 11 is 0. The van der Waals surface area contributed by atoms with E-state index in [0.29, 0.717) is 0 Å². The molecule has 6 nitrogen and oxygen atoms in total. The molecule has 2 aliphatic heterocycles. The van der Waals surface area contributed by atoms with Gasteiger partial charge in [-0.1, -0.05) is 12.8 Å². The smallest absolute Gasteiger partial charge is 0.140 e. The molecule has 0 spiro atoms. The van der Waals surface area contributed by atoms with Crippen LogP contribution in [0.2, 0.25) is 0 Å². The lowest BCUT2D eigenvalue weighted by atomic mass is 10.2. The fourth-order valence-corrected chi connectivity index (χ4v) is 3.49. The van der Waals surface area contributed by atoms with Gasteiger partial charge in [0.05, 0.1) is 6.42 Å². The van der Waals surface area contributed by atoms with Gasteiger partial charge < -0.3 is 9.13 Å². The molecule has 6 heteroatoms. The van der Waals surface area contributed by atoms with E-state index in [-0.39, 0.29) is 0 Å². The zero-order chi connectivity index (χ0) is 14.1. The molecular formula is C15H22N6. The largest absolute Gasteiger partial charge is 0.315 e. The summed E-state index contributed by atoms with van der Waals surface area (Å²) in [7, 11) is 0. The first kappa shape index (κ1) is 13.0. The third-order valence-electron chi connectivity index (χ3n) is 4.69. The monoisotopic (exact) mass is 286 g/mol. The van der Waals surface area contributed by atoms with E-state index >= 15 is 0 Å². The molecule has 4 rings (SSSR count). The molecule has 0 unspecified atom stereocenters. The van der Waals surface area contributed by atoms with Crippen molar-refractivity contribution in [3.8, 4) is 0 Å². The van der Waals surface area contributed by atoms with Gasteiger partial charge in [0.1, 0.15) is 23.3 Å². The normalized spacial score (nSPS) is 18.7. The van der Waals surface area contributed by atoms with Crippen molar-refractivity contribution >= 4 is 0 Å². The second-order valence-electron chi connectivity index (χ2n) is 6.17. The second kappa shape index (κ2) is 5.58. The van der Waals surface area contributed by atoms with Crippen LogP contribution in [0.4, 0.5) is 0 Å². The highest BCUT2D eigenvalue weighted by Gasteiger charge is 2.19. The van der Waals surface area contributed by atoms with Gasteiger partial charge in [-0.15, -0.1) is 20.4 Å². The fraction of sp³-hybridized carbons (Fsp3) is 0.733. The van der Waals surface area contributed by atoms with Gasteiger partial charge in [-0.2, -0.15) is 0 Å². The lowest BCUT2D eigenvalue weighted by Gasteiger charge is -2.08. The molecule has 2 aromatic heterocycles. The Hall–Kier alpha value is -1.72. The Kier molecular flexibility index (Phi) is 3.45. The van der Waals surface area contributed by atoms with Crippen LogP contribution in [0.1, 0.15) is 61.8 Å². The molecule has 112 valence electrons. The molecule has 21 heavy (non-hydrogen) atoms. The summed E-state index contributed by atoms with van der Waals surface area (Å²) in [5, 5.41) is 17.6. The average Bonchev–Trinajstić information content (AvgIpc) is 2.85. The van der Waals surface area contributed by atoms with Gasteiger partial charge in [0.25, 0.3) is 0 Å². The summed E-state index contributed by atoms with van der Waals surface area (Å²) < 4.78 is 4.62. The molecule has 0 aromatic carbocycles. The van der Waals surface area contributed by atoms with E-state index in [1.54, 1.807) is 0 Å². The lowest BCUT2D eigenvalue weighted by Crippen LogP contribution is -2.11. The van der Waals surface area contributed by atoms with Crippen molar-refractivity contribution in [3.05, 3.63) is 23.3 Å². The van der Waals surface area contributed by atoms with Crippen molar-refractivity contribution in [1.82, 2.24) is 29.5 Å². The van der Waals surface area contributed by atoms with E-state index in [1.807, 2.05) is 0 Å². The minimum absolute atomic E-state index is 0.764. The molecule has 0 amide bonds. The first-order valence-corrected chi connectivity index (χ1v) is 8.24.